The second kappa shape index (κ2) is 5.28. The van der Waals surface area contributed by atoms with E-state index in [-0.39, 0.29) is 18.1 Å². The zero-order valence-electron chi connectivity index (χ0n) is 9.32. The number of ether oxygens (including phenoxy) is 1. The first-order chi connectivity index (χ1) is 7.81. The number of nitrogens with zero attached hydrogens (tertiary/aromatic N) is 2. The van der Waals surface area contributed by atoms with Gasteiger partial charge in [-0.1, -0.05) is 0 Å². The number of hydrogen-bond acceptors (Lipinski definition) is 4. The van der Waals surface area contributed by atoms with Crippen LogP contribution in [-0.4, -0.2) is 49.2 Å². The minimum absolute atomic E-state index is 0.0674. The van der Waals surface area contributed by atoms with Gasteiger partial charge in [0.05, 0.1) is 18.7 Å². The van der Waals surface area contributed by atoms with Crippen LogP contribution in [0.1, 0.15) is 19.3 Å². The monoisotopic (exact) mass is 223 g/mol. The highest BCUT2D eigenvalue weighted by molar-refractivity contribution is 5.81. The second-order valence-corrected chi connectivity index (χ2v) is 4.29. The molecule has 2 rings (SSSR count). The van der Waals surface area contributed by atoms with Gasteiger partial charge in [0.1, 0.15) is 0 Å². The normalized spacial score (nSPS) is 32.6. The van der Waals surface area contributed by atoms with Gasteiger partial charge in [-0.2, -0.15) is 5.26 Å². The number of hydrogen-bond donors (Lipinski definition) is 1. The van der Waals surface area contributed by atoms with Crippen molar-refractivity contribution in [2.45, 2.75) is 31.4 Å². The Kier molecular flexibility index (Phi) is 3.75. The van der Waals surface area contributed by atoms with Crippen molar-refractivity contribution >= 4 is 5.91 Å². The number of morpholine rings is 1. The van der Waals surface area contributed by atoms with Crippen LogP contribution in [0.25, 0.3) is 0 Å². The van der Waals surface area contributed by atoms with Gasteiger partial charge in [0.15, 0.2) is 6.10 Å². The molecule has 2 saturated heterocycles. The number of rotatable bonds is 1. The molecule has 2 unspecified atom stereocenters. The van der Waals surface area contributed by atoms with Crippen molar-refractivity contribution in [1.29, 1.82) is 5.26 Å². The van der Waals surface area contributed by atoms with E-state index in [0.717, 1.165) is 32.4 Å². The smallest absolute Gasteiger partial charge is 0.237 e. The summed E-state index contributed by atoms with van der Waals surface area (Å²) < 4.78 is 5.28. The Morgan fingerprint density at radius 3 is 3.19 bits per heavy atom. The summed E-state index contributed by atoms with van der Waals surface area (Å²) in [5, 5.41) is 11.7. The van der Waals surface area contributed by atoms with Crippen LogP contribution in [-0.2, 0) is 9.53 Å². The van der Waals surface area contributed by atoms with Crippen LogP contribution in [0.2, 0.25) is 0 Å². The molecule has 88 valence electrons. The molecule has 0 aliphatic carbocycles. The molecule has 0 aromatic rings. The molecule has 2 aliphatic rings. The molecule has 2 heterocycles. The summed E-state index contributed by atoms with van der Waals surface area (Å²) in [6.07, 6.45) is 2.63. The molecule has 0 radical (unpaired) electrons. The average Bonchev–Trinajstić information content (AvgIpc) is 2.54. The molecule has 5 heteroatoms. The van der Waals surface area contributed by atoms with E-state index in [9.17, 15) is 4.79 Å². The van der Waals surface area contributed by atoms with Crippen LogP contribution in [0.3, 0.4) is 0 Å². The highest BCUT2D eigenvalue weighted by Gasteiger charge is 2.31. The zero-order chi connectivity index (χ0) is 11.4. The summed E-state index contributed by atoms with van der Waals surface area (Å²) in [7, 11) is 0. The van der Waals surface area contributed by atoms with Gasteiger partial charge in [-0.15, -0.1) is 0 Å². The molecule has 2 atom stereocenters. The number of carbonyl (C=O) groups excluding carboxylic acids is 1. The van der Waals surface area contributed by atoms with Crippen molar-refractivity contribution < 1.29 is 9.53 Å². The minimum Gasteiger partial charge on any atom is -0.361 e. The average molecular weight is 223 g/mol. The van der Waals surface area contributed by atoms with Crippen molar-refractivity contribution in [2.75, 3.05) is 26.2 Å². The molecule has 1 amide bonds. The van der Waals surface area contributed by atoms with Crippen molar-refractivity contribution in [3.63, 3.8) is 0 Å². The lowest BCUT2D eigenvalue weighted by Crippen LogP contribution is -2.52. The predicted molar refractivity (Wildman–Crippen MR) is 57.6 cm³/mol. The van der Waals surface area contributed by atoms with E-state index in [2.05, 4.69) is 16.3 Å². The second-order valence-electron chi connectivity index (χ2n) is 4.29. The number of nitriles is 1. The van der Waals surface area contributed by atoms with E-state index in [1.165, 1.54) is 0 Å². The van der Waals surface area contributed by atoms with Gasteiger partial charge in [0.2, 0.25) is 5.91 Å². The van der Waals surface area contributed by atoms with E-state index >= 15 is 0 Å². The Morgan fingerprint density at radius 1 is 1.50 bits per heavy atom. The van der Waals surface area contributed by atoms with Gasteiger partial charge in [-0.3, -0.25) is 9.69 Å². The fourth-order valence-corrected chi connectivity index (χ4v) is 2.30. The first-order valence-corrected chi connectivity index (χ1v) is 5.84. The lowest BCUT2D eigenvalue weighted by Gasteiger charge is -2.34. The van der Waals surface area contributed by atoms with Gasteiger partial charge in [-0.25, -0.2) is 0 Å². The van der Waals surface area contributed by atoms with Gasteiger partial charge in [0.25, 0.3) is 0 Å². The zero-order valence-corrected chi connectivity index (χ0v) is 9.32. The number of nitrogens with one attached hydrogen (secondary N) is 1. The molecule has 5 nitrogen and oxygen atoms in total. The maximum atomic E-state index is 11.8. The summed E-state index contributed by atoms with van der Waals surface area (Å²) in [4.78, 5) is 13.9. The quantitative estimate of drug-likeness (QED) is 0.673. The predicted octanol–water partition coefficient (Wildman–Crippen LogP) is -0.121. The third-order valence-corrected chi connectivity index (χ3v) is 3.19. The molecule has 16 heavy (non-hydrogen) atoms. The third kappa shape index (κ3) is 2.52. The Labute approximate surface area is 95.4 Å². The van der Waals surface area contributed by atoms with Crippen molar-refractivity contribution in [1.82, 2.24) is 10.2 Å². The van der Waals surface area contributed by atoms with Gasteiger partial charge < -0.3 is 10.1 Å². The standard InChI is InChI=1S/C11H17N3O2/c12-7-9-8-14(5-6-16-9)10-3-1-2-4-13-11(10)15/h9-10H,1-6,8H2,(H,13,15). The maximum Gasteiger partial charge on any atom is 0.237 e. The number of carbonyl (C=O) groups is 1. The topological polar surface area (TPSA) is 65.4 Å². The van der Waals surface area contributed by atoms with Gasteiger partial charge in [-0.05, 0) is 19.3 Å². The van der Waals surface area contributed by atoms with Crippen LogP contribution < -0.4 is 5.32 Å². The SMILES string of the molecule is N#CC1CN(C2CCCCNC2=O)CCO1. The summed E-state index contributed by atoms with van der Waals surface area (Å²) >= 11 is 0. The van der Waals surface area contributed by atoms with E-state index in [4.69, 9.17) is 10.00 Å². The molecular weight excluding hydrogens is 206 g/mol. The molecule has 2 fully saturated rings. The Balaban J connectivity index is 1.99. The van der Waals surface area contributed by atoms with E-state index < -0.39 is 0 Å². The molecule has 0 aromatic heterocycles. The first kappa shape index (κ1) is 11.4. The summed E-state index contributed by atoms with van der Waals surface area (Å²) in [6, 6.07) is 2.04. The fraction of sp³-hybridized carbons (Fsp3) is 0.818. The van der Waals surface area contributed by atoms with Crippen molar-refractivity contribution in [2.24, 2.45) is 0 Å². The summed E-state index contributed by atoms with van der Waals surface area (Å²) in [6.45, 7) is 2.62. The Hall–Kier alpha value is -1.12. The fourth-order valence-electron chi connectivity index (χ4n) is 2.30. The Morgan fingerprint density at radius 2 is 2.38 bits per heavy atom. The van der Waals surface area contributed by atoms with Crippen LogP contribution in [0.15, 0.2) is 0 Å². The van der Waals surface area contributed by atoms with E-state index in [1.54, 1.807) is 0 Å². The number of amides is 1. The Bertz CT molecular complexity index is 300. The molecule has 0 aromatic carbocycles. The van der Waals surface area contributed by atoms with E-state index in [1.807, 2.05) is 0 Å². The molecule has 0 saturated carbocycles. The van der Waals surface area contributed by atoms with Crippen LogP contribution in [0, 0.1) is 11.3 Å². The molecule has 1 N–H and O–H groups in total. The van der Waals surface area contributed by atoms with Crippen molar-refractivity contribution in [3.05, 3.63) is 0 Å². The van der Waals surface area contributed by atoms with Crippen LogP contribution in [0.5, 0.6) is 0 Å². The van der Waals surface area contributed by atoms with E-state index in [0.29, 0.717) is 13.2 Å². The lowest BCUT2D eigenvalue weighted by atomic mass is 10.1. The first-order valence-electron chi connectivity index (χ1n) is 5.84. The molecule has 0 bridgehead atoms. The molecule has 0 spiro atoms. The van der Waals surface area contributed by atoms with Gasteiger partial charge >= 0.3 is 0 Å². The highest BCUT2D eigenvalue weighted by Crippen LogP contribution is 2.15. The van der Waals surface area contributed by atoms with Crippen molar-refractivity contribution in [3.8, 4) is 6.07 Å². The third-order valence-electron chi connectivity index (χ3n) is 3.19. The van der Waals surface area contributed by atoms with Gasteiger partial charge in [0, 0.05) is 19.6 Å². The lowest BCUT2D eigenvalue weighted by molar-refractivity contribution is -0.128. The van der Waals surface area contributed by atoms with Crippen LogP contribution in [0.4, 0.5) is 0 Å². The van der Waals surface area contributed by atoms with Crippen LogP contribution >= 0.6 is 0 Å². The summed E-state index contributed by atoms with van der Waals surface area (Å²) in [5.41, 5.74) is 0. The largest absolute Gasteiger partial charge is 0.361 e. The molecular formula is C11H17N3O2. The molecule has 2 aliphatic heterocycles. The summed E-state index contributed by atoms with van der Waals surface area (Å²) in [5.74, 6) is 0.107. The maximum absolute atomic E-state index is 11.8. The highest BCUT2D eigenvalue weighted by atomic mass is 16.5. The minimum atomic E-state index is -0.384.